The molecule has 1 aliphatic carbocycles. The largest absolute Gasteiger partial charge is 0.309 e. The maximum Gasteiger partial charge on any atom is 0.125 e. The highest BCUT2D eigenvalue weighted by atomic mass is 35.5. The standard InChI is InChI=1S/C15H16ClFN2S/c1-2-18-12-4-3-5-13-14(12)19-15(20-13)9-6-10(16)8-11(17)7-9/h6-8,12,18H,2-5H2,1H3. The molecule has 1 aromatic heterocycles. The van der Waals surface area contributed by atoms with Crippen LogP contribution in [0.3, 0.4) is 0 Å². The summed E-state index contributed by atoms with van der Waals surface area (Å²) in [5.41, 5.74) is 1.91. The van der Waals surface area contributed by atoms with Crippen molar-refractivity contribution in [3.05, 3.63) is 39.6 Å². The van der Waals surface area contributed by atoms with E-state index in [1.807, 2.05) is 0 Å². The number of nitrogens with one attached hydrogen (secondary N) is 1. The van der Waals surface area contributed by atoms with E-state index in [1.165, 1.54) is 23.4 Å². The van der Waals surface area contributed by atoms with E-state index in [-0.39, 0.29) is 5.82 Å². The van der Waals surface area contributed by atoms with Gasteiger partial charge in [-0.1, -0.05) is 18.5 Å². The monoisotopic (exact) mass is 310 g/mol. The number of thiazole rings is 1. The van der Waals surface area contributed by atoms with Gasteiger partial charge in [0.2, 0.25) is 0 Å². The summed E-state index contributed by atoms with van der Waals surface area (Å²) >= 11 is 7.59. The van der Waals surface area contributed by atoms with Gasteiger partial charge >= 0.3 is 0 Å². The summed E-state index contributed by atoms with van der Waals surface area (Å²) in [6.07, 6.45) is 3.36. The fourth-order valence-corrected chi connectivity index (χ4v) is 4.04. The molecule has 1 aromatic carbocycles. The fraction of sp³-hybridized carbons (Fsp3) is 0.400. The number of hydrogen-bond donors (Lipinski definition) is 1. The lowest BCUT2D eigenvalue weighted by Crippen LogP contribution is -2.24. The Kier molecular flexibility index (Phi) is 4.06. The number of hydrogen-bond acceptors (Lipinski definition) is 3. The summed E-state index contributed by atoms with van der Waals surface area (Å²) < 4.78 is 13.5. The fourth-order valence-electron chi connectivity index (χ4n) is 2.66. The van der Waals surface area contributed by atoms with Gasteiger partial charge in [-0.05, 0) is 44.0 Å². The van der Waals surface area contributed by atoms with Crippen molar-refractivity contribution in [1.82, 2.24) is 10.3 Å². The van der Waals surface area contributed by atoms with Crippen molar-refractivity contribution in [3.63, 3.8) is 0 Å². The van der Waals surface area contributed by atoms with Crippen molar-refractivity contribution in [2.45, 2.75) is 32.2 Å². The maximum absolute atomic E-state index is 13.5. The molecule has 0 amide bonds. The predicted octanol–water partition coefficient (Wildman–Crippen LogP) is 4.59. The zero-order valence-corrected chi connectivity index (χ0v) is 12.8. The molecule has 1 aliphatic rings. The molecule has 3 rings (SSSR count). The van der Waals surface area contributed by atoms with Crippen LogP contribution in [-0.4, -0.2) is 11.5 Å². The van der Waals surface area contributed by atoms with Gasteiger partial charge in [0.15, 0.2) is 0 Å². The third kappa shape index (κ3) is 2.73. The van der Waals surface area contributed by atoms with Crippen molar-refractivity contribution in [3.8, 4) is 10.6 Å². The molecule has 106 valence electrons. The first-order chi connectivity index (χ1) is 9.67. The van der Waals surface area contributed by atoms with Crippen LogP contribution in [0.1, 0.15) is 36.4 Å². The first-order valence-electron chi connectivity index (χ1n) is 6.87. The molecule has 0 spiro atoms. The molecular weight excluding hydrogens is 295 g/mol. The summed E-state index contributed by atoms with van der Waals surface area (Å²) in [5, 5.41) is 4.75. The van der Waals surface area contributed by atoms with Gasteiger partial charge in [0, 0.05) is 15.5 Å². The van der Waals surface area contributed by atoms with E-state index in [1.54, 1.807) is 17.4 Å². The van der Waals surface area contributed by atoms with E-state index in [9.17, 15) is 4.39 Å². The molecule has 1 unspecified atom stereocenters. The molecule has 1 N–H and O–H groups in total. The van der Waals surface area contributed by atoms with Crippen LogP contribution < -0.4 is 5.32 Å². The number of fused-ring (bicyclic) bond motifs is 1. The molecule has 0 aliphatic heterocycles. The Labute approximate surface area is 127 Å². The minimum absolute atomic E-state index is 0.316. The van der Waals surface area contributed by atoms with Crippen LogP contribution in [0.2, 0.25) is 5.02 Å². The smallest absolute Gasteiger partial charge is 0.125 e. The second kappa shape index (κ2) is 5.80. The van der Waals surface area contributed by atoms with E-state index in [0.29, 0.717) is 11.1 Å². The molecule has 1 atom stereocenters. The zero-order chi connectivity index (χ0) is 14.1. The van der Waals surface area contributed by atoms with Gasteiger partial charge in [-0.25, -0.2) is 9.37 Å². The Morgan fingerprint density at radius 3 is 3.05 bits per heavy atom. The van der Waals surface area contributed by atoms with Gasteiger partial charge in [0.25, 0.3) is 0 Å². The number of benzene rings is 1. The average Bonchev–Trinajstić information content (AvgIpc) is 2.83. The van der Waals surface area contributed by atoms with Gasteiger partial charge in [-0.3, -0.25) is 0 Å². The van der Waals surface area contributed by atoms with Crippen LogP contribution in [0.25, 0.3) is 10.6 Å². The maximum atomic E-state index is 13.5. The van der Waals surface area contributed by atoms with Crippen LogP contribution in [0.15, 0.2) is 18.2 Å². The SMILES string of the molecule is CCNC1CCCc2sc(-c3cc(F)cc(Cl)c3)nc21. The molecule has 0 radical (unpaired) electrons. The Morgan fingerprint density at radius 1 is 1.45 bits per heavy atom. The van der Waals surface area contributed by atoms with Crippen LogP contribution in [0, 0.1) is 5.82 Å². The van der Waals surface area contributed by atoms with Crippen LogP contribution >= 0.6 is 22.9 Å². The first-order valence-corrected chi connectivity index (χ1v) is 8.06. The second-order valence-corrected chi connectivity index (χ2v) is 6.51. The molecular formula is C15H16ClFN2S. The number of nitrogens with zero attached hydrogens (tertiary/aromatic N) is 1. The van der Waals surface area contributed by atoms with Gasteiger partial charge in [-0.2, -0.15) is 0 Å². The first kappa shape index (κ1) is 14.0. The van der Waals surface area contributed by atoms with Crippen molar-refractivity contribution in [2.24, 2.45) is 0 Å². The van der Waals surface area contributed by atoms with Gasteiger partial charge in [-0.15, -0.1) is 11.3 Å². The number of aryl methyl sites for hydroxylation is 1. The van der Waals surface area contributed by atoms with E-state index >= 15 is 0 Å². The molecule has 2 nitrogen and oxygen atoms in total. The number of aromatic nitrogens is 1. The quantitative estimate of drug-likeness (QED) is 0.897. The third-order valence-electron chi connectivity index (χ3n) is 3.51. The summed E-state index contributed by atoms with van der Waals surface area (Å²) in [6.45, 7) is 3.04. The normalized spacial score (nSPS) is 18.1. The third-order valence-corrected chi connectivity index (χ3v) is 4.91. The van der Waals surface area contributed by atoms with E-state index in [2.05, 4.69) is 12.2 Å². The lowest BCUT2D eigenvalue weighted by Gasteiger charge is -2.21. The van der Waals surface area contributed by atoms with E-state index in [4.69, 9.17) is 16.6 Å². The summed E-state index contributed by atoms with van der Waals surface area (Å²) in [7, 11) is 0. The lowest BCUT2D eigenvalue weighted by atomic mass is 9.98. The second-order valence-electron chi connectivity index (χ2n) is 4.99. The Hall–Kier alpha value is -0.970. The molecule has 0 saturated carbocycles. The highest BCUT2D eigenvalue weighted by molar-refractivity contribution is 7.15. The van der Waals surface area contributed by atoms with Crippen LogP contribution in [0.4, 0.5) is 4.39 Å². The highest BCUT2D eigenvalue weighted by Gasteiger charge is 2.24. The molecule has 0 fully saturated rings. The minimum Gasteiger partial charge on any atom is -0.309 e. The van der Waals surface area contributed by atoms with Crippen molar-refractivity contribution in [1.29, 1.82) is 0 Å². The molecule has 0 saturated heterocycles. The molecule has 0 bridgehead atoms. The Balaban J connectivity index is 2.00. The van der Waals surface area contributed by atoms with E-state index < -0.39 is 0 Å². The van der Waals surface area contributed by atoms with Crippen molar-refractivity contribution in [2.75, 3.05) is 6.54 Å². The summed E-state index contributed by atoms with van der Waals surface area (Å²) in [6, 6.07) is 4.92. The molecule has 20 heavy (non-hydrogen) atoms. The Morgan fingerprint density at radius 2 is 2.30 bits per heavy atom. The summed E-state index contributed by atoms with van der Waals surface area (Å²) in [4.78, 5) is 6.05. The van der Waals surface area contributed by atoms with Gasteiger partial charge in [0.05, 0.1) is 11.7 Å². The predicted molar refractivity (Wildman–Crippen MR) is 81.9 cm³/mol. The van der Waals surface area contributed by atoms with Crippen LogP contribution in [-0.2, 0) is 6.42 Å². The topological polar surface area (TPSA) is 24.9 Å². The van der Waals surface area contributed by atoms with Crippen molar-refractivity contribution >= 4 is 22.9 Å². The molecule has 1 heterocycles. The Bertz CT molecular complexity index is 606. The molecule has 5 heteroatoms. The minimum atomic E-state index is -0.316. The lowest BCUT2D eigenvalue weighted by molar-refractivity contribution is 0.465. The summed E-state index contributed by atoms with van der Waals surface area (Å²) in [5.74, 6) is -0.316. The average molecular weight is 311 g/mol. The van der Waals surface area contributed by atoms with Gasteiger partial charge < -0.3 is 5.32 Å². The zero-order valence-electron chi connectivity index (χ0n) is 11.2. The van der Waals surface area contributed by atoms with Gasteiger partial charge in [0.1, 0.15) is 10.8 Å². The number of halogens is 2. The van der Waals surface area contributed by atoms with Crippen molar-refractivity contribution < 1.29 is 4.39 Å². The van der Waals surface area contributed by atoms with E-state index in [0.717, 1.165) is 35.7 Å². The van der Waals surface area contributed by atoms with Crippen LogP contribution in [0.5, 0.6) is 0 Å². The number of rotatable bonds is 3. The highest BCUT2D eigenvalue weighted by Crippen LogP contribution is 2.37. The molecule has 2 aromatic rings.